The standard InChI is InChI=1S/C36H73NO4/c1-4-6-8-10-12-14-16-18-19-21-23-25-27-29-32-35(34(38)33(31-37)41-36(32)39-3)40-30-28-26-24-22-20-17-15-13-11-9-7-5-2/h32-36,38H,4-31,37H2,1-3H3/t32?,33-,34-,35-,36+/m1/s1. The number of hydrogen-bond acceptors (Lipinski definition) is 5. The van der Waals surface area contributed by atoms with E-state index in [4.69, 9.17) is 19.9 Å². The second kappa shape index (κ2) is 28.6. The first kappa shape index (κ1) is 38.8. The van der Waals surface area contributed by atoms with Crippen LogP contribution in [-0.2, 0) is 14.2 Å². The zero-order valence-corrected chi connectivity index (χ0v) is 27.9. The Morgan fingerprint density at radius 2 is 0.976 bits per heavy atom. The molecule has 1 rings (SSSR count). The van der Waals surface area contributed by atoms with Crippen molar-refractivity contribution in [1.29, 1.82) is 0 Å². The molecule has 5 nitrogen and oxygen atoms in total. The van der Waals surface area contributed by atoms with Gasteiger partial charge in [0.1, 0.15) is 12.2 Å². The molecule has 246 valence electrons. The summed E-state index contributed by atoms with van der Waals surface area (Å²) < 4.78 is 18.1. The van der Waals surface area contributed by atoms with Crippen molar-refractivity contribution in [1.82, 2.24) is 0 Å². The normalized spacial score (nSPS) is 22.9. The van der Waals surface area contributed by atoms with Crippen LogP contribution in [0, 0.1) is 5.92 Å². The summed E-state index contributed by atoms with van der Waals surface area (Å²) in [5.74, 6) is 0.0582. The van der Waals surface area contributed by atoms with Gasteiger partial charge < -0.3 is 25.1 Å². The molecule has 0 aromatic heterocycles. The van der Waals surface area contributed by atoms with Crippen LogP contribution in [0.5, 0.6) is 0 Å². The Bertz CT molecular complexity index is 534. The lowest BCUT2D eigenvalue weighted by atomic mass is 9.86. The van der Waals surface area contributed by atoms with Crippen molar-refractivity contribution in [3.63, 3.8) is 0 Å². The minimum atomic E-state index is -0.685. The van der Waals surface area contributed by atoms with Gasteiger partial charge in [-0.3, -0.25) is 0 Å². The summed E-state index contributed by atoms with van der Waals surface area (Å²) >= 11 is 0. The van der Waals surface area contributed by atoms with Gasteiger partial charge in [0.05, 0.1) is 6.10 Å². The van der Waals surface area contributed by atoms with E-state index in [2.05, 4.69) is 13.8 Å². The third kappa shape index (κ3) is 19.6. The number of hydrogen-bond donors (Lipinski definition) is 2. The number of nitrogens with two attached hydrogens (primary N) is 1. The average molecular weight is 584 g/mol. The minimum Gasteiger partial charge on any atom is -0.388 e. The molecule has 1 aliphatic heterocycles. The Morgan fingerprint density at radius 1 is 0.585 bits per heavy atom. The predicted octanol–water partition coefficient (Wildman–Crippen LogP) is 9.86. The molecule has 5 heteroatoms. The van der Waals surface area contributed by atoms with Gasteiger partial charge >= 0.3 is 0 Å². The first-order valence-corrected chi connectivity index (χ1v) is 18.4. The zero-order chi connectivity index (χ0) is 29.8. The summed E-state index contributed by atoms with van der Waals surface area (Å²) in [5.41, 5.74) is 5.92. The highest BCUT2D eigenvalue weighted by molar-refractivity contribution is 4.90. The molecule has 0 aromatic carbocycles. The number of rotatable bonds is 30. The van der Waals surface area contributed by atoms with E-state index in [1.165, 1.54) is 148 Å². The zero-order valence-electron chi connectivity index (χ0n) is 27.9. The monoisotopic (exact) mass is 584 g/mol. The Labute approximate surface area is 256 Å². The number of ether oxygens (including phenoxy) is 3. The van der Waals surface area contributed by atoms with Crippen LogP contribution < -0.4 is 5.73 Å². The summed E-state index contributed by atoms with van der Waals surface area (Å²) in [7, 11) is 1.70. The van der Waals surface area contributed by atoms with Gasteiger partial charge in [-0.15, -0.1) is 0 Å². The first-order chi connectivity index (χ1) is 20.2. The fourth-order valence-corrected chi connectivity index (χ4v) is 6.48. The molecule has 3 N–H and O–H groups in total. The van der Waals surface area contributed by atoms with Crippen molar-refractivity contribution in [3.05, 3.63) is 0 Å². The molecule has 0 bridgehead atoms. The van der Waals surface area contributed by atoms with E-state index >= 15 is 0 Å². The van der Waals surface area contributed by atoms with E-state index in [1.54, 1.807) is 7.11 Å². The molecule has 0 spiro atoms. The fourth-order valence-electron chi connectivity index (χ4n) is 6.48. The third-order valence-corrected chi connectivity index (χ3v) is 9.21. The molecule has 1 fully saturated rings. The van der Waals surface area contributed by atoms with E-state index in [0.717, 1.165) is 19.3 Å². The number of methoxy groups -OCH3 is 1. The maximum Gasteiger partial charge on any atom is 0.163 e. The van der Waals surface area contributed by atoms with Crippen LogP contribution in [0.15, 0.2) is 0 Å². The maximum atomic E-state index is 11.0. The van der Waals surface area contributed by atoms with Crippen molar-refractivity contribution in [3.8, 4) is 0 Å². The van der Waals surface area contributed by atoms with Crippen LogP contribution in [-0.4, -0.2) is 50.0 Å². The van der Waals surface area contributed by atoms with Crippen molar-refractivity contribution in [2.75, 3.05) is 20.3 Å². The van der Waals surface area contributed by atoms with Crippen molar-refractivity contribution in [2.45, 2.75) is 205 Å². The molecule has 0 aromatic rings. The fraction of sp³-hybridized carbons (Fsp3) is 1.00. The quantitative estimate of drug-likeness (QED) is 0.0823. The second-order valence-corrected chi connectivity index (χ2v) is 12.9. The van der Waals surface area contributed by atoms with E-state index in [9.17, 15) is 5.11 Å². The molecular weight excluding hydrogens is 510 g/mol. The second-order valence-electron chi connectivity index (χ2n) is 12.9. The molecule has 0 saturated carbocycles. The molecule has 1 heterocycles. The van der Waals surface area contributed by atoms with Gasteiger partial charge in [0.25, 0.3) is 0 Å². The highest BCUT2D eigenvalue weighted by Gasteiger charge is 2.45. The summed E-state index contributed by atoms with van der Waals surface area (Å²) in [6, 6.07) is 0. The Balaban J connectivity index is 2.21. The number of unbranched alkanes of at least 4 members (excludes halogenated alkanes) is 23. The highest BCUT2D eigenvalue weighted by Crippen LogP contribution is 2.33. The summed E-state index contributed by atoms with van der Waals surface area (Å²) in [6.07, 6.45) is 32.8. The molecule has 1 aliphatic rings. The molecule has 0 amide bonds. The maximum absolute atomic E-state index is 11.0. The third-order valence-electron chi connectivity index (χ3n) is 9.21. The van der Waals surface area contributed by atoms with Gasteiger partial charge in [0, 0.05) is 26.2 Å². The van der Waals surface area contributed by atoms with Gasteiger partial charge in [-0.2, -0.15) is 0 Å². The van der Waals surface area contributed by atoms with Crippen molar-refractivity contribution in [2.24, 2.45) is 11.7 Å². The van der Waals surface area contributed by atoms with Crippen LogP contribution in [0.2, 0.25) is 0 Å². The topological polar surface area (TPSA) is 73.9 Å². The summed E-state index contributed by atoms with van der Waals surface area (Å²) in [5, 5.41) is 11.0. The van der Waals surface area contributed by atoms with Gasteiger partial charge in [-0.05, 0) is 12.8 Å². The molecule has 0 aliphatic carbocycles. The molecule has 41 heavy (non-hydrogen) atoms. The smallest absolute Gasteiger partial charge is 0.163 e. The van der Waals surface area contributed by atoms with Crippen molar-refractivity contribution < 1.29 is 19.3 Å². The Kier molecular flexibility index (Phi) is 27.0. The Morgan fingerprint density at radius 3 is 1.37 bits per heavy atom. The lowest BCUT2D eigenvalue weighted by molar-refractivity contribution is -0.279. The lowest BCUT2D eigenvalue weighted by Crippen LogP contribution is -2.58. The predicted molar refractivity (Wildman–Crippen MR) is 175 cm³/mol. The van der Waals surface area contributed by atoms with Gasteiger partial charge in [-0.25, -0.2) is 0 Å². The summed E-state index contributed by atoms with van der Waals surface area (Å²) in [6.45, 7) is 5.54. The lowest BCUT2D eigenvalue weighted by Gasteiger charge is -2.44. The molecule has 0 radical (unpaired) electrons. The van der Waals surface area contributed by atoms with Crippen LogP contribution in [0.1, 0.15) is 181 Å². The SMILES string of the molecule is CCCCCCCCCCCCCCCC1[C@@H](OC)O[C@H](CN)[C@@H](O)[C@@H]1OCCCCCCCCCCCCCC. The largest absolute Gasteiger partial charge is 0.388 e. The van der Waals surface area contributed by atoms with E-state index in [0.29, 0.717) is 6.61 Å². The van der Waals surface area contributed by atoms with Crippen LogP contribution in [0.3, 0.4) is 0 Å². The van der Waals surface area contributed by atoms with Crippen LogP contribution in [0.4, 0.5) is 0 Å². The van der Waals surface area contributed by atoms with Gasteiger partial charge in [0.2, 0.25) is 0 Å². The van der Waals surface area contributed by atoms with Crippen LogP contribution >= 0.6 is 0 Å². The summed E-state index contributed by atoms with van der Waals surface area (Å²) in [4.78, 5) is 0. The Hall–Kier alpha value is -0.200. The first-order valence-electron chi connectivity index (χ1n) is 18.4. The molecular formula is C36H73NO4. The number of aliphatic hydroxyl groups is 1. The van der Waals surface area contributed by atoms with Crippen molar-refractivity contribution >= 4 is 0 Å². The van der Waals surface area contributed by atoms with Gasteiger partial charge in [0.15, 0.2) is 6.29 Å². The average Bonchev–Trinajstić information content (AvgIpc) is 2.98. The van der Waals surface area contributed by atoms with E-state index in [1.807, 2.05) is 0 Å². The highest BCUT2D eigenvalue weighted by atomic mass is 16.7. The molecule has 5 atom stereocenters. The van der Waals surface area contributed by atoms with E-state index < -0.39 is 12.2 Å². The minimum absolute atomic E-state index is 0.0582. The van der Waals surface area contributed by atoms with Gasteiger partial charge in [-0.1, -0.05) is 168 Å². The molecule has 1 unspecified atom stereocenters. The van der Waals surface area contributed by atoms with E-state index in [-0.39, 0.29) is 24.9 Å². The number of aliphatic hydroxyl groups excluding tert-OH is 1. The molecule has 1 saturated heterocycles. The van der Waals surface area contributed by atoms with Crippen LogP contribution in [0.25, 0.3) is 0 Å².